The van der Waals surface area contributed by atoms with Crippen LogP contribution in [0.4, 0.5) is 4.79 Å². The molecule has 3 aromatic rings. The van der Waals surface area contributed by atoms with E-state index in [0.717, 1.165) is 24.8 Å². The summed E-state index contributed by atoms with van der Waals surface area (Å²) in [6.45, 7) is 0.582. The van der Waals surface area contributed by atoms with Crippen LogP contribution < -0.4 is 16.4 Å². The van der Waals surface area contributed by atoms with Crippen molar-refractivity contribution in [3.63, 3.8) is 0 Å². The minimum atomic E-state index is -0.643. The number of hydrogen-bond acceptors (Lipinski definition) is 4. The van der Waals surface area contributed by atoms with Gasteiger partial charge in [0.05, 0.1) is 6.04 Å². The van der Waals surface area contributed by atoms with Gasteiger partial charge in [0.25, 0.3) is 0 Å². The van der Waals surface area contributed by atoms with Crippen molar-refractivity contribution < 1.29 is 14.3 Å². The van der Waals surface area contributed by atoms with Crippen LogP contribution in [-0.4, -0.2) is 37.2 Å². The first-order chi connectivity index (χ1) is 19.1. The van der Waals surface area contributed by atoms with E-state index in [-0.39, 0.29) is 24.5 Å². The molecule has 2 aliphatic rings. The number of rotatable bonds is 10. The normalized spacial score (nSPS) is 16.5. The molecular formula is C33H39N3O3. The van der Waals surface area contributed by atoms with Gasteiger partial charge >= 0.3 is 6.09 Å². The zero-order chi connectivity index (χ0) is 27.0. The Kier molecular flexibility index (Phi) is 8.94. The molecule has 0 bridgehead atoms. The molecule has 1 saturated carbocycles. The molecule has 5 rings (SSSR count). The first kappa shape index (κ1) is 26.9. The summed E-state index contributed by atoms with van der Waals surface area (Å²) in [6.07, 6.45) is 6.87. The molecule has 4 N–H and O–H groups in total. The van der Waals surface area contributed by atoms with E-state index < -0.39 is 12.1 Å². The van der Waals surface area contributed by atoms with E-state index in [1.807, 2.05) is 54.6 Å². The van der Waals surface area contributed by atoms with E-state index in [2.05, 4.69) is 34.9 Å². The van der Waals surface area contributed by atoms with Crippen molar-refractivity contribution in [3.05, 3.63) is 95.6 Å². The molecule has 0 unspecified atom stereocenters. The predicted molar refractivity (Wildman–Crippen MR) is 154 cm³/mol. The van der Waals surface area contributed by atoms with Gasteiger partial charge in [-0.05, 0) is 46.6 Å². The Labute approximate surface area is 231 Å². The Bertz CT molecular complexity index is 1210. The summed E-state index contributed by atoms with van der Waals surface area (Å²) in [4.78, 5) is 25.8. The van der Waals surface area contributed by atoms with Crippen LogP contribution in [0.25, 0.3) is 11.1 Å². The Balaban J connectivity index is 1.17. The lowest BCUT2D eigenvalue weighted by atomic mass is 9.84. The average molecular weight is 526 g/mol. The molecule has 204 valence electrons. The largest absolute Gasteiger partial charge is 0.449 e. The third-order valence-corrected chi connectivity index (χ3v) is 8.16. The van der Waals surface area contributed by atoms with Crippen molar-refractivity contribution in [2.24, 2.45) is 11.7 Å². The number of alkyl carbamates (subject to hydrolysis) is 1. The first-order valence-corrected chi connectivity index (χ1v) is 14.3. The number of hydrogen-bond donors (Lipinski definition) is 3. The van der Waals surface area contributed by atoms with Crippen LogP contribution in [0.1, 0.15) is 61.1 Å². The molecule has 0 saturated heterocycles. The average Bonchev–Trinajstić information content (AvgIpc) is 3.29. The van der Waals surface area contributed by atoms with Gasteiger partial charge in [-0.25, -0.2) is 4.79 Å². The van der Waals surface area contributed by atoms with Crippen molar-refractivity contribution in [1.29, 1.82) is 0 Å². The summed E-state index contributed by atoms with van der Waals surface area (Å²) in [7, 11) is 0. The van der Waals surface area contributed by atoms with Gasteiger partial charge in [0.15, 0.2) is 0 Å². The molecule has 0 aromatic heterocycles. The molecule has 6 heteroatoms. The Hall–Kier alpha value is -3.64. The third-order valence-electron chi connectivity index (χ3n) is 8.16. The lowest BCUT2D eigenvalue weighted by Crippen LogP contribution is -2.51. The molecule has 3 aromatic carbocycles. The summed E-state index contributed by atoms with van der Waals surface area (Å²) in [5, 5.41) is 6.05. The molecule has 2 atom stereocenters. The van der Waals surface area contributed by atoms with Crippen molar-refractivity contribution in [1.82, 2.24) is 10.6 Å². The van der Waals surface area contributed by atoms with Crippen molar-refractivity contribution in [2.75, 3.05) is 13.2 Å². The topological polar surface area (TPSA) is 93.5 Å². The van der Waals surface area contributed by atoms with E-state index in [9.17, 15) is 9.59 Å². The summed E-state index contributed by atoms with van der Waals surface area (Å²) >= 11 is 0. The zero-order valence-electron chi connectivity index (χ0n) is 22.5. The van der Waals surface area contributed by atoms with Gasteiger partial charge in [0, 0.05) is 18.5 Å². The summed E-state index contributed by atoms with van der Waals surface area (Å²) in [5.74, 6) is 0.365. The van der Waals surface area contributed by atoms with Crippen LogP contribution in [0.15, 0.2) is 78.9 Å². The second-order valence-electron chi connectivity index (χ2n) is 10.9. The van der Waals surface area contributed by atoms with E-state index in [1.165, 1.54) is 41.5 Å². The number of nitrogens with one attached hydrogen (secondary N) is 2. The minimum Gasteiger partial charge on any atom is -0.449 e. The van der Waals surface area contributed by atoms with Crippen molar-refractivity contribution in [2.45, 2.75) is 62.9 Å². The number of benzene rings is 3. The quantitative estimate of drug-likeness (QED) is 0.324. The second kappa shape index (κ2) is 12.9. The maximum Gasteiger partial charge on any atom is 0.407 e. The number of carbonyl (C=O) groups is 2. The Morgan fingerprint density at radius 2 is 1.46 bits per heavy atom. The van der Waals surface area contributed by atoms with E-state index >= 15 is 0 Å². The van der Waals surface area contributed by atoms with E-state index in [4.69, 9.17) is 10.5 Å². The van der Waals surface area contributed by atoms with E-state index in [0.29, 0.717) is 18.9 Å². The van der Waals surface area contributed by atoms with Crippen LogP contribution in [0.2, 0.25) is 0 Å². The molecule has 2 amide bonds. The van der Waals surface area contributed by atoms with Gasteiger partial charge in [-0.3, -0.25) is 4.79 Å². The number of ether oxygens (including phenoxy) is 1. The minimum absolute atomic E-state index is 0.0110. The highest BCUT2D eigenvalue weighted by Gasteiger charge is 2.29. The highest BCUT2D eigenvalue weighted by atomic mass is 16.5. The molecule has 0 heterocycles. The highest BCUT2D eigenvalue weighted by molar-refractivity contribution is 5.82. The molecule has 2 aliphatic carbocycles. The third kappa shape index (κ3) is 6.87. The summed E-state index contributed by atoms with van der Waals surface area (Å²) < 4.78 is 5.72. The maximum absolute atomic E-state index is 13.0. The summed E-state index contributed by atoms with van der Waals surface area (Å²) in [5.41, 5.74) is 12.0. The first-order valence-electron chi connectivity index (χ1n) is 14.3. The molecule has 0 radical (unpaired) electrons. The molecule has 0 spiro atoms. The molecule has 1 fully saturated rings. The predicted octanol–water partition coefficient (Wildman–Crippen LogP) is 5.55. The molecule has 6 nitrogen and oxygen atoms in total. The number of amides is 2. The maximum atomic E-state index is 13.0. The smallest absolute Gasteiger partial charge is 0.407 e. The van der Waals surface area contributed by atoms with Gasteiger partial charge in [-0.2, -0.15) is 0 Å². The number of carbonyl (C=O) groups excluding carboxylic acids is 2. The SMILES string of the molecule is N[C@@H](Cc1ccccc1)C(=O)N[C@@H](CNC(=O)OCC1c2ccccc2-c2ccccc21)CC1CCCCC1. The monoisotopic (exact) mass is 525 g/mol. The fourth-order valence-corrected chi connectivity index (χ4v) is 6.14. The fourth-order valence-electron chi connectivity index (χ4n) is 6.14. The van der Waals surface area contributed by atoms with Crippen LogP contribution in [0.5, 0.6) is 0 Å². The molecule has 0 aliphatic heterocycles. The van der Waals surface area contributed by atoms with Crippen LogP contribution in [0.3, 0.4) is 0 Å². The lowest BCUT2D eigenvalue weighted by Gasteiger charge is -2.28. The lowest BCUT2D eigenvalue weighted by molar-refractivity contribution is -0.123. The van der Waals surface area contributed by atoms with Gasteiger partial charge in [0.1, 0.15) is 6.61 Å². The Morgan fingerprint density at radius 1 is 0.846 bits per heavy atom. The standard InChI is InChI=1S/C33H39N3O3/c34-31(20-24-13-5-2-6-14-24)32(37)36-25(19-23-11-3-1-4-12-23)21-35-33(38)39-22-30-28-17-9-7-15-26(28)27-16-8-10-18-29(27)30/h2,5-10,13-18,23,25,30-31H,1,3-4,11-12,19-22,34H2,(H,35,38)(H,36,37)/t25-,31+/m1/s1. The van der Waals surface area contributed by atoms with Crippen molar-refractivity contribution in [3.8, 4) is 11.1 Å². The number of fused-ring (bicyclic) bond motifs is 3. The Morgan fingerprint density at radius 3 is 2.13 bits per heavy atom. The highest BCUT2D eigenvalue weighted by Crippen LogP contribution is 2.44. The van der Waals surface area contributed by atoms with Gasteiger partial charge in [-0.15, -0.1) is 0 Å². The fraction of sp³-hybridized carbons (Fsp3) is 0.394. The molecule has 39 heavy (non-hydrogen) atoms. The van der Waals surface area contributed by atoms with Crippen LogP contribution in [-0.2, 0) is 16.0 Å². The van der Waals surface area contributed by atoms with Crippen molar-refractivity contribution >= 4 is 12.0 Å². The van der Waals surface area contributed by atoms with Gasteiger partial charge in [-0.1, -0.05) is 111 Å². The zero-order valence-corrected chi connectivity index (χ0v) is 22.5. The number of nitrogens with two attached hydrogens (primary N) is 1. The molecular weight excluding hydrogens is 486 g/mol. The van der Waals surface area contributed by atoms with Gasteiger partial charge < -0.3 is 21.1 Å². The summed E-state index contributed by atoms with van der Waals surface area (Å²) in [6, 6.07) is 25.6. The second-order valence-corrected chi connectivity index (χ2v) is 10.9. The van der Waals surface area contributed by atoms with Crippen LogP contribution >= 0.6 is 0 Å². The van der Waals surface area contributed by atoms with Gasteiger partial charge in [0.2, 0.25) is 5.91 Å². The van der Waals surface area contributed by atoms with Crippen LogP contribution in [0, 0.1) is 5.92 Å². The van der Waals surface area contributed by atoms with E-state index in [1.54, 1.807) is 0 Å².